The van der Waals surface area contributed by atoms with Crippen LogP contribution in [0.2, 0.25) is 0 Å². The molecule has 16 heavy (non-hydrogen) atoms. The van der Waals surface area contributed by atoms with Crippen molar-refractivity contribution in [3.05, 3.63) is 42.4 Å². The van der Waals surface area contributed by atoms with E-state index in [1.807, 2.05) is 24.6 Å². The molecule has 0 radical (unpaired) electrons. The van der Waals surface area contributed by atoms with Crippen LogP contribution >= 0.6 is 9.24 Å². The molecule has 1 unspecified atom stereocenters. The van der Waals surface area contributed by atoms with Crippen LogP contribution in [0.1, 0.15) is 6.42 Å². The zero-order chi connectivity index (χ0) is 12.0. The minimum Gasteiger partial charge on any atom is -0.461 e. The van der Waals surface area contributed by atoms with Crippen molar-refractivity contribution in [2.75, 3.05) is 13.4 Å². The quantitative estimate of drug-likeness (QED) is 0.449. The summed E-state index contributed by atoms with van der Waals surface area (Å²) in [5.74, 6) is -0.230. The summed E-state index contributed by atoms with van der Waals surface area (Å²) in [6.45, 7) is 3.86. The molecule has 0 saturated carbocycles. The SMILES string of the molecule is C=C1C=C(C[C@H](NC)C(=O)OCP)C=C[CH+]1. The van der Waals surface area contributed by atoms with Crippen LogP contribution in [0, 0.1) is 6.42 Å². The third-order valence-corrected chi connectivity index (χ3v) is 2.46. The Balaban J connectivity index is 2.59. The number of esters is 1. The standard InChI is InChI=1S/C12H17NO2P/c1-9-4-3-5-10(6-9)7-11(13-2)12(14)15-8-16/h3-6,11,13H,1,7-8,16H2,2H3/q+1/t11-/m0/s1. The van der Waals surface area contributed by atoms with Crippen LogP contribution in [-0.4, -0.2) is 25.4 Å². The largest absolute Gasteiger partial charge is 0.461 e. The van der Waals surface area contributed by atoms with Gasteiger partial charge in [0.1, 0.15) is 12.4 Å². The highest BCUT2D eigenvalue weighted by molar-refractivity contribution is 7.16. The highest BCUT2D eigenvalue weighted by atomic mass is 31.0. The Kier molecular flexibility index (Phi) is 5.30. The zero-order valence-corrected chi connectivity index (χ0v) is 10.6. The molecule has 0 spiro atoms. The fraction of sp³-hybridized carbons (Fsp3) is 0.333. The molecule has 0 fully saturated rings. The van der Waals surface area contributed by atoms with Crippen LogP contribution in [0.25, 0.3) is 0 Å². The Morgan fingerprint density at radius 2 is 2.50 bits per heavy atom. The summed E-state index contributed by atoms with van der Waals surface area (Å²) in [4.78, 5) is 11.5. The van der Waals surface area contributed by atoms with Gasteiger partial charge in [0.05, 0.1) is 5.57 Å². The number of nitrogens with one attached hydrogen (secondary N) is 1. The molecule has 1 rings (SSSR count). The first-order chi connectivity index (χ1) is 7.67. The molecule has 4 heteroatoms. The average Bonchev–Trinajstić information content (AvgIpc) is 2.26. The van der Waals surface area contributed by atoms with E-state index in [-0.39, 0.29) is 12.0 Å². The lowest BCUT2D eigenvalue weighted by Gasteiger charge is -2.14. The topological polar surface area (TPSA) is 38.3 Å². The minimum absolute atomic E-state index is 0.230. The summed E-state index contributed by atoms with van der Waals surface area (Å²) < 4.78 is 4.94. The van der Waals surface area contributed by atoms with E-state index in [0.717, 1.165) is 11.1 Å². The van der Waals surface area contributed by atoms with Crippen molar-refractivity contribution < 1.29 is 9.53 Å². The Labute approximate surface area is 98.8 Å². The third kappa shape index (κ3) is 3.84. The highest BCUT2D eigenvalue weighted by Crippen LogP contribution is 2.17. The van der Waals surface area contributed by atoms with Crippen molar-refractivity contribution in [1.29, 1.82) is 0 Å². The van der Waals surface area contributed by atoms with Crippen molar-refractivity contribution in [1.82, 2.24) is 5.32 Å². The van der Waals surface area contributed by atoms with E-state index in [2.05, 4.69) is 21.1 Å². The number of rotatable bonds is 5. The summed E-state index contributed by atoms with van der Waals surface area (Å²) in [5, 5.41) is 2.95. The molecule has 0 aromatic heterocycles. The van der Waals surface area contributed by atoms with Gasteiger partial charge in [-0.15, -0.1) is 0 Å². The zero-order valence-electron chi connectivity index (χ0n) is 9.40. The van der Waals surface area contributed by atoms with E-state index in [9.17, 15) is 4.79 Å². The van der Waals surface area contributed by atoms with Crippen molar-refractivity contribution in [3.63, 3.8) is 0 Å². The maximum absolute atomic E-state index is 11.5. The lowest BCUT2D eigenvalue weighted by atomic mass is 9.98. The number of carbonyl (C=O) groups is 1. The van der Waals surface area contributed by atoms with Gasteiger partial charge in [0.25, 0.3) is 0 Å². The van der Waals surface area contributed by atoms with Crippen LogP contribution in [0.4, 0.5) is 0 Å². The van der Waals surface area contributed by atoms with Gasteiger partial charge < -0.3 is 10.1 Å². The Bertz CT molecular complexity index is 334. The van der Waals surface area contributed by atoms with Crippen LogP contribution < -0.4 is 5.32 Å². The van der Waals surface area contributed by atoms with E-state index in [0.29, 0.717) is 12.8 Å². The molecule has 86 valence electrons. The summed E-state index contributed by atoms with van der Waals surface area (Å²) >= 11 is 0. The lowest BCUT2D eigenvalue weighted by molar-refractivity contribution is -0.143. The first-order valence-corrected chi connectivity index (χ1v) is 5.94. The van der Waals surface area contributed by atoms with E-state index in [4.69, 9.17) is 4.74 Å². The van der Waals surface area contributed by atoms with Gasteiger partial charge in [-0.3, -0.25) is 4.79 Å². The number of carbonyl (C=O) groups excluding carboxylic acids is 1. The normalized spacial score (nSPS) is 16.4. The molecule has 0 aliphatic heterocycles. The number of hydrogen-bond donors (Lipinski definition) is 1. The molecular formula is C12H17NO2P+. The van der Waals surface area contributed by atoms with Crippen LogP contribution in [0.15, 0.2) is 36.0 Å². The van der Waals surface area contributed by atoms with E-state index in [1.165, 1.54) is 0 Å². The maximum Gasteiger partial charge on any atom is 0.323 e. The predicted molar refractivity (Wildman–Crippen MR) is 68.8 cm³/mol. The number of ether oxygens (including phenoxy) is 1. The van der Waals surface area contributed by atoms with Gasteiger partial charge in [-0.05, 0) is 13.6 Å². The van der Waals surface area contributed by atoms with Gasteiger partial charge in [0, 0.05) is 36.6 Å². The molecule has 0 aromatic carbocycles. The number of allylic oxidation sites excluding steroid dienone is 4. The van der Waals surface area contributed by atoms with E-state index < -0.39 is 0 Å². The first-order valence-electron chi connectivity index (χ1n) is 5.12. The second-order valence-electron chi connectivity index (χ2n) is 3.50. The highest BCUT2D eigenvalue weighted by Gasteiger charge is 2.21. The molecule has 1 aliphatic carbocycles. The molecule has 3 nitrogen and oxygen atoms in total. The van der Waals surface area contributed by atoms with Gasteiger partial charge in [0.15, 0.2) is 0 Å². The van der Waals surface area contributed by atoms with E-state index in [1.54, 1.807) is 7.05 Å². The van der Waals surface area contributed by atoms with Crippen molar-refractivity contribution >= 4 is 15.2 Å². The predicted octanol–water partition coefficient (Wildman–Crippen LogP) is 1.60. The average molecular weight is 238 g/mol. The molecule has 0 aromatic rings. The van der Waals surface area contributed by atoms with Gasteiger partial charge in [0.2, 0.25) is 0 Å². The molecule has 1 N–H and O–H groups in total. The van der Waals surface area contributed by atoms with Gasteiger partial charge in [-0.25, -0.2) is 0 Å². The fourth-order valence-electron chi connectivity index (χ4n) is 1.48. The minimum atomic E-state index is -0.303. The number of likely N-dealkylation sites (N-methyl/N-ethyl adjacent to an activating group) is 1. The molecule has 2 atom stereocenters. The van der Waals surface area contributed by atoms with Crippen molar-refractivity contribution in [2.45, 2.75) is 12.5 Å². The first kappa shape index (κ1) is 13.0. The molecule has 0 amide bonds. The van der Waals surface area contributed by atoms with Gasteiger partial charge in [-0.1, -0.05) is 9.24 Å². The Morgan fingerprint density at radius 3 is 3.06 bits per heavy atom. The monoisotopic (exact) mass is 238 g/mol. The van der Waals surface area contributed by atoms with E-state index >= 15 is 0 Å². The lowest BCUT2D eigenvalue weighted by Crippen LogP contribution is -2.35. The second-order valence-corrected chi connectivity index (χ2v) is 3.83. The Morgan fingerprint density at radius 1 is 1.75 bits per heavy atom. The molecule has 0 heterocycles. The summed E-state index contributed by atoms with van der Waals surface area (Å²) in [6, 6.07) is -0.303. The summed E-state index contributed by atoms with van der Waals surface area (Å²) in [6.07, 6.45) is 8.76. The van der Waals surface area contributed by atoms with Gasteiger partial charge in [-0.2, -0.15) is 0 Å². The molecule has 1 aliphatic rings. The Hall–Kier alpha value is -1.05. The van der Waals surface area contributed by atoms with Crippen molar-refractivity contribution in [2.24, 2.45) is 0 Å². The van der Waals surface area contributed by atoms with Crippen LogP contribution in [0.3, 0.4) is 0 Å². The molecule has 0 saturated heterocycles. The fourth-order valence-corrected chi connectivity index (χ4v) is 1.64. The maximum atomic E-state index is 11.5. The number of hydrogen-bond acceptors (Lipinski definition) is 3. The summed E-state index contributed by atoms with van der Waals surface area (Å²) in [7, 11) is 4.12. The second kappa shape index (κ2) is 6.51. The summed E-state index contributed by atoms with van der Waals surface area (Å²) in [5.41, 5.74) is 2.03. The molecular weight excluding hydrogens is 221 g/mol. The van der Waals surface area contributed by atoms with Crippen LogP contribution in [-0.2, 0) is 9.53 Å². The smallest absolute Gasteiger partial charge is 0.323 e. The van der Waals surface area contributed by atoms with Crippen LogP contribution in [0.5, 0.6) is 0 Å². The third-order valence-electron chi connectivity index (χ3n) is 2.29. The molecule has 0 bridgehead atoms. The van der Waals surface area contributed by atoms with Gasteiger partial charge >= 0.3 is 5.97 Å². The van der Waals surface area contributed by atoms with Crippen molar-refractivity contribution in [3.8, 4) is 0 Å².